The maximum absolute atomic E-state index is 5.71. The normalized spacial score (nSPS) is 13.1. The van der Waals surface area contributed by atoms with E-state index in [1.165, 1.54) is 15.6 Å². The zero-order chi connectivity index (χ0) is 12.1. The molecule has 0 radical (unpaired) electrons. The van der Waals surface area contributed by atoms with E-state index >= 15 is 0 Å². The quantitative estimate of drug-likeness (QED) is 0.873. The lowest BCUT2D eigenvalue weighted by molar-refractivity contribution is 0.372. The predicted octanol–water partition coefficient (Wildman–Crippen LogP) is 2.47. The van der Waals surface area contributed by atoms with E-state index in [-0.39, 0.29) is 0 Å². The van der Waals surface area contributed by atoms with Gasteiger partial charge in [0.25, 0.3) is 0 Å². The van der Waals surface area contributed by atoms with E-state index in [0.29, 0.717) is 24.9 Å². The number of nitrogens with two attached hydrogens (primary N) is 2. The van der Waals surface area contributed by atoms with Gasteiger partial charge in [-0.2, -0.15) is 0 Å². The van der Waals surface area contributed by atoms with Crippen LogP contribution in [0.5, 0.6) is 0 Å². The third-order valence-corrected chi connectivity index (χ3v) is 3.90. The summed E-state index contributed by atoms with van der Waals surface area (Å²) < 4.78 is 1.19. The Balaban J connectivity index is 2.72. The van der Waals surface area contributed by atoms with Gasteiger partial charge in [0, 0.05) is 4.47 Å². The fourth-order valence-electron chi connectivity index (χ4n) is 1.89. The van der Waals surface area contributed by atoms with Crippen LogP contribution >= 0.6 is 15.9 Å². The first-order valence-electron chi connectivity index (χ1n) is 5.73. The molecular formula is C13H21BrN2. The average Bonchev–Trinajstić information content (AvgIpc) is 2.24. The van der Waals surface area contributed by atoms with Gasteiger partial charge in [-0.3, -0.25) is 0 Å². The summed E-state index contributed by atoms with van der Waals surface area (Å²) >= 11 is 3.61. The van der Waals surface area contributed by atoms with Crippen LogP contribution in [0, 0.1) is 18.8 Å². The van der Waals surface area contributed by atoms with Crippen LogP contribution in [0.25, 0.3) is 0 Å². The first-order valence-corrected chi connectivity index (χ1v) is 6.53. The number of rotatable bonds is 5. The minimum absolute atomic E-state index is 0.410. The first kappa shape index (κ1) is 13.7. The molecule has 0 bridgehead atoms. The molecule has 0 fully saturated rings. The summed E-state index contributed by atoms with van der Waals surface area (Å²) in [5.74, 6) is 0.933. The molecule has 1 rings (SSSR count). The lowest BCUT2D eigenvalue weighted by Crippen LogP contribution is -2.30. The third-order valence-electron chi connectivity index (χ3n) is 3.16. The smallest absolute Gasteiger partial charge is 0.0210 e. The molecule has 0 saturated carbocycles. The Kier molecular flexibility index (Phi) is 5.46. The summed E-state index contributed by atoms with van der Waals surface area (Å²) in [5.41, 5.74) is 14.0. The highest BCUT2D eigenvalue weighted by atomic mass is 79.9. The summed E-state index contributed by atoms with van der Waals surface area (Å²) in [6, 6.07) is 6.48. The molecule has 1 aromatic rings. The number of benzene rings is 1. The van der Waals surface area contributed by atoms with Crippen molar-refractivity contribution in [2.24, 2.45) is 23.3 Å². The van der Waals surface area contributed by atoms with Crippen LogP contribution in [-0.2, 0) is 6.42 Å². The van der Waals surface area contributed by atoms with E-state index < -0.39 is 0 Å². The molecule has 1 aromatic carbocycles. The minimum atomic E-state index is 0.410. The summed E-state index contributed by atoms with van der Waals surface area (Å²) in [6.45, 7) is 5.65. The van der Waals surface area contributed by atoms with E-state index in [4.69, 9.17) is 11.5 Å². The maximum atomic E-state index is 5.71. The van der Waals surface area contributed by atoms with Gasteiger partial charge in [-0.05, 0) is 55.5 Å². The van der Waals surface area contributed by atoms with Crippen molar-refractivity contribution in [3.8, 4) is 0 Å². The maximum Gasteiger partial charge on any atom is 0.0210 e. The molecule has 0 aromatic heterocycles. The zero-order valence-corrected chi connectivity index (χ0v) is 11.6. The van der Waals surface area contributed by atoms with Gasteiger partial charge in [0.05, 0.1) is 0 Å². The highest BCUT2D eigenvalue weighted by Crippen LogP contribution is 2.23. The Morgan fingerprint density at radius 1 is 1.25 bits per heavy atom. The summed E-state index contributed by atoms with van der Waals surface area (Å²) in [4.78, 5) is 0. The topological polar surface area (TPSA) is 52.0 Å². The molecule has 0 spiro atoms. The molecule has 3 heteroatoms. The van der Waals surface area contributed by atoms with Gasteiger partial charge < -0.3 is 11.5 Å². The molecule has 0 heterocycles. The van der Waals surface area contributed by atoms with E-state index in [1.807, 2.05) is 0 Å². The van der Waals surface area contributed by atoms with Crippen molar-refractivity contribution in [2.75, 3.05) is 13.1 Å². The molecule has 0 aliphatic heterocycles. The first-order chi connectivity index (χ1) is 7.58. The van der Waals surface area contributed by atoms with Crippen molar-refractivity contribution < 1.29 is 0 Å². The Morgan fingerprint density at radius 2 is 1.88 bits per heavy atom. The van der Waals surface area contributed by atoms with Gasteiger partial charge in [0.2, 0.25) is 0 Å². The SMILES string of the molecule is Cc1ccc(CC(C)C(CN)CN)c(Br)c1. The van der Waals surface area contributed by atoms with Gasteiger partial charge >= 0.3 is 0 Å². The standard InChI is InChI=1S/C13H21BrN2/c1-9-3-4-11(13(14)5-9)6-10(2)12(7-15)8-16/h3-5,10,12H,6-8,15-16H2,1-2H3. The Morgan fingerprint density at radius 3 is 2.38 bits per heavy atom. The van der Waals surface area contributed by atoms with Gasteiger partial charge in [-0.25, -0.2) is 0 Å². The molecule has 0 saturated heterocycles. The molecule has 0 aliphatic carbocycles. The number of hydrogen-bond acceptors (Lipinski definition) is 2. The van der Waals surface area contributed by atoms with Crippen LogP contribution in [-0.4, -0.2) is 13.1 Å². The molecule has 16 heavy (non-hydrogen) atoms. The van der Waals surface area contributed by atoms with E-state index in [1.54, 1.807) is 0 Å². The molecule has 1 unspecified atom stereocenters. The molecule has 2 nitrogen and oxygen atoms in total. The Bertz CT molecular complexity index is 335. The molecule has 0 aliphatic rings. The van der Waals surface area contributed by atoms with Crippen LogP contribution in [0.1, 0.15) is 18.1 Å². The highest BCUT2D eigenvalue weighted by Gasteiger charge is 2.15. The lowest BCUT2D eigenvalue weighted by atomic mass is 9.88. The number of aryl methyl sites for hydroxylation is 1. The van der Waals surface area contributed by atoms with Gasteiger partial charge in [0.15, 0.2) is 0 Å². The summed E-state index contributed by atoms with van der Waals surface area (Å²) in [5, 5.41) is 0. The van der Waals surface area contributed by atoms with Crippen molar-refractivity contribution in [2.45, 2.75) is 20.3 Å². The minimum Gasteiger partial charge on any atom is -0.330 e. The molecule has 4 N–H and O–H groups in total. The van der Waals surface area contributed by atoms with Gasteiger partial charge in [-0.1, -0.05) is 35.0 Å². The van der Waals surface area contributed by atoms with Crippen molar-refractivity contribution >= 4 is 15.9 Å². The highest BCUT2D eigenvalue weighted by molar-refractivity contribution is 9.10. The lowest BCUT2D eigenvalue weighted by Gasteiger charge is -2.21. The molecule has 0 amide bonds. The van der Waals surface area contributed by atoms with E-state index in [9.17, 15) is 0 Å². The van der Waals surface area contributed by atoms with Crippen LogP contribution in [0.3, 0.4) is 0 Å². The van der Waals surface area contributed by atoms with Crippen LogP contribution in [0.15, 0.2) is 22.7 Å². The largest absolute Gasteiger partial charge is 0.330 e. The average molecular weight is 285 g/mol. The van der Waals surface area contributed by atoms with Crippen molar-refractivity contribution in [1.29, 1.82) is 0 Å². The monoisotopic (exact) mass is 284 g/mol. The van der Waals surface area contributed by atoms with Crippen LogP contribution in [0.2, 0.25) is 0 Å². The van der Waals surface area contributed by atoms with E-state index in [0.717, 1.165) is 6.42 Å². The van der Waals surface area contributed by atoms with E-state index in [2.05, 4.69) is 48.0 Å². The summed E-state index contributed by atoms with van der Waals surface area (Å²) in [6.07, 6.45) is 1.03. The zero-order valence-electron chi connectivity index (χ0n) is 10.0. The van der Waals surface area contributed by atoms with Crippen LogP contribution < -0.4 is 11.5 Å². The van der Waals surface area contributed by atoms with Crippen molar-refractivity contribution in [3.05, 3.63) is 33.8 Å². The Hall–Kier alpha value is -0.380. The molecule has 1 atom stereocenters. The predicted molar refractivity (Wildman–Crippen MR) is 73.3 cm³/mol. The summed E-state index contributed by atoms with van der Waals surface area (Å²) in [7, 11) is 0. The third kappa shape index (κ3) is 3.58. The Labute approximate surface area is 107 Å². The van der Waals surface area contributed by atoms with Crippen molar-refractivity contribution in [1.82, 2.24) is 0 Å². The second-order valence-corrected chi connectivity index (χ2v) is 5.36. The van der Waals surface area contributed by atoms with Crippen molar-refractivity contribution in [3.63, 3.8) is 0 Å². The second-order valence-electron chi connectivity index (χ2n) is 4.51. The second kappa shape index (κ2) is 6.38. The fourth-order valence-corrected chi connectivity index (χ4v) is 2.55. The fraction of sp³-hybridized carbons (Fsp3) is 0.538. The molecular weight excluding hydrogens is 264 g/mol. The number of hydrogen-bond donors (Lipinski definition) is 2. The van der Waals surface area contributed by atoms with Crippen LogP contribution in [0.4, 0.5) is 0 Å². The molecule has 90 valence electrons. The van der Waals surface area contributed by atoms with Gasteiger partial charge in [-0.15, -0.1) is 0 Å². The number of halogens is 1. The van der Waals surface area contributed by atoms with Gasteiger partial charge in [0.1, 0.15) is 0 Å².